The van der Waals surface area contributed by atoms with Gasteiger partial charge in [0.25, 0.3) is 5.56 Å². The zero-order valence-corrected chi connectivity index (χ0v) is 28.0. The van der Waals surface area contributed by atoms with Crippen LogP contribution in [0.15, 0.2) is 94.5 Å². The minimum absolute atomic E-state index is 0. The molecule has 0 radical (unpaired) electrons. The number of ether oxygens (including phenoxy) is 1. The molecule has 1 fully saturated rings. The number of likely N-dealkylation sites (tertiary alicyclic amines) is 1. The van der Waals surface area contributed by atoms with Crippen LogP contribution < -0.4 is 11.2 Å². The van der Waals surface area contributed by atoms with E-state index in [0.717, 1.165) is 49.9 Å². The Morgan fingerprint density at radius 2 is 1.36 bits per heavy atom. The van der Waals surface area contributed by atoms with Crippen molar-refractivity contribution < 1.29 is 9.53 Å². The Bertz CT molecular complexity index is 1610. The number of carbonyl (C=O) groups excluding carboxylic acids is 1. The number of hydrogen-bond acceptors (Lipinski definition) is 5. The molecule has 0 atom stereocenters. The van der Waals surface area contributed by atoms with Crippen LogP contribution in [0, 0.1) is 5.92 Å². The minimum Gasteiger partial charge on any atom is -0.464 e. The first kappa shape index (κ1) is 36.1. The van der Waals surface area contributed by atoms with Gasteiger partial charge < -0.3 is 9.64 Å². The van der Waals surface area contributed by atoms with Crippen LogP contribution in [0.3, 0.4) is 0 Å². The molecular formula is C36H45Cl2N3O4. The molecule has 0 N–H and O–H groups in total. The lowest BCUT2D eigenvalue weighted by Crippen LogP contribution is -2.53. The van der Waals surface area contributed by atoms with E-state index in [-0.39, 0.29) is 31.4 Å². The molecule has 1 aliphatic heterocycles. The molecule has 0 spiro atoms. The molecule has 1 aliphatic rings. The number of rotatable bonds is 11. The van der Waals surface area contributed by atoms with Crippen molar-refractivity contribution in [3.63, 3.8) is 0 Å². The van der Waals surface area contributed by atoms with Gasteiger partial charge in [0.15, 0.2) is 0 Å². The fourth-order valence-electron chi connectivity index (χ4n) is 6.60. The Balaban J connectivity index is 0.00000276. The van der Waals surface area contributed by atoms with Crippen LogP contribution in [0.2, 0.25) is 0 Å². The molecule has 4 aromatic rings. The number of aryl methyl sites for hydroxylation is 1. The normalized spacial score (nSPS) is 14.1. The number of unbranched alkanes of at least 4 members (excludes halogenated alkanes) is 1. The fourth-order valence-corrected chi connectivity index (χ4v) is 6.60. The molecule has 0 unspecified atom stereocenters. The number of benzene rings is 3. The van der Waals surface area contributed by atoms with Gasteiger partial charge in [0.1, 0.15) is 5.54 Å². The lowest BCUT2D eigenvalue weighted by atomic mass is 9.76. The summed E-state index contributed by atoms with van der Waals surface area (Å²) in [4.78, 5) is 42.4. The summed E-state index contributed by atoms with van der Waals surface area (Å²) in [5, 5.41) is 0.424. The third-order valence-electron chi connectivity index (χ3n) is 8.91. The van der Waals surface area contributed by atoms with Crippen LogP contribution >= 0.6 is 24.8 Å². The summed E-state index contributed by atoms with van der Waals surface area (Å²) in [6, 6.07) is 28.9. The fraction of sp³-hybridized carbons (Fsp3) is 0.417. The van der Waals surface area contributed by atoms with Gasteiger partial charge in [-0.05, 0) is 95.3 Å². The predicted molar refractivity (Wildman–Crippen MR) is 186 cm³/mol. The van der Waals surface area contributed by atoms with E-state index in [0.29, 0.717) is 29.3 Å². The maximum absolute atomic E-state index is 13.7. The van der Waals surface area contributed by atoms with Gasteiger partial charge in [-0.25, -0.2) is 14.2 Å². The zero-order chi connectivity index (χ0) is 30.4. The first-order valence-electron chi connectivity index (χ1n) is 15.6. The van der Waals surface area contributed by atoms with Crippen molar-refractivity contribution in [2.24, 2.45) is 5.92 Å². The van der Waals surface area contributed by atoms with Gasteiger partial charge in [0.05, 0.1) is 17.5 Å². The summed E-state index contributed by atoms with van der Waals surface area (Å²) in [5.74, 6) is 0.398. The van der Waals surface area contributed by atoms with Crippen molar-refractivity contribution in [3.05, 3.63) is 117 Å². The lowest BCUT2D eigenvalue weighted by molar-refractivity contribution is -0.152. The molecular weight excluding hydrogens is 609 g/mol. The first-order chi connectivity index (χ1) is 20.8. The highest BCUT2D eigenvalue weighted by Gasteiger charge is 2.36. The zero-order valence-electron chi connectivity index (χ0n) is 26.4. The van der Waals surface area contributed by atoms with Crippen LogP contribution in [0.4, 0.5) is 0 Å². The third-order valence-corrected chi connectivity index (χ3v) is 8.91. The Morgan fingerprint density at radius 3 is 1.93 bits per heavy atom. The van der Waals surface area contributed by atoms with Crippen molar-refractivity contribution in [1.29, 1.82) is 0 Å². The van der Waals surface area contributed by atoms with Crippen molar-refractivity contribution in [2.75, 3.05) is 26.2 Å². The second-order valence-electron chi connectivity index (χ2n) is 12.1. The van der Waals surface area contributed by atoms with Gasteiger partial charge in [-0.2, -0.15) is 0 Å². The largest absolute Gasteiger partial charge is 0.464 e. The molecule has 1 aromatic heterocycles. The molecule has 2 heterocycles. The Hall–Kier alpha value is -3.39. The maximum atomic E-state index is 13.7. The number of halogens is 2. The van der Waals surface area contributed by atoms with Crippen molar-refractivity contribution in [3.8, 4) is 0 Å². The van der Waals surface area contributed by atoms with Crippen LogP contribution in [0.1, 0.15) is 63.5 Å². The first-order valence-corrected chi connectivity index (χ1v) is 15.6. The Kier molecular flexibility index (Phi) is 13.0. The van der Waals surface area contributed by atoms with Crippen LogP contribution in [0.5, 0.6) is 0 Å². The highest BCUT2D eigenvalue weighted by Crippen LogP contribution is 2.38. The Morgan fingerprint density at radius 1 is 0.822 bits per heavy atom. The number of para-hydroxylation sites is 1. The van der Waals surface area contributed by atoms with Crippen LogP contribution in [-0.2, 0) is 21.6 Å². The van der Waals surface area contributed by atoms with Gasteiger partial charge in [-0.15, -0.1) is 24.8 Å². The number of aromatic nitrogens is 2. The number of nitrogens with zero attached hydrogens (tertiary/aromatic N) is 3. The average molecular weight is 655 g/mol. The lowest BCUT2D eigenvalue weighted by Gasteiger charge is -2.36. The Labute approximate surface area is 278 Å². The highest BCUT2D eigenvalue weighted by molar-refractivity contribution is 5.85. The van der Waals surface area contributed by atoms with Gasteiger partial charge in [0, 0.05) is 12.5 Å². The predicted octanol–water partition coefficient (Wildman–Crippen LogP) is 6.63. The molecule has 0 aliphatic carbocycles. The van der Waals surface area contributed by atoms with Crippen LogP contribution in [0.25, 0.3) is 10.9 Å². The molecule has 3 aromatic carbocycles. The average Bonchev–Trinajstić information content (AvgIpc) is 3.02. The SMILES string of the molecule is CCOC(=O)C(C)(C)n1c(=O)c2ccccc2n(CCCCN2CCC(C(c3ccccc3)c3ccccc3)CC2)c1=O.Cl.Cl. The third kappa shape index (κ3) is 7.89. The summed E-state index contributed by atoms with van der Waals surface area (Å²) in [6.45, 7) is 8.57. The highest BCUT2D eigenvalue weighted by atomic mass is 35.5. The molecule has 1 saturated heterocycles. The number of esters is 1. The van der Waals surface area contributed by atoms with E-state index in [1.54, 1.807) is 43.5 Å². The van der Waals surface area contributed by atoms with E-state index in [1.165, 1.54) is 11.1 Å². The standard InChI is InChI=1S/C36H43N3O4.2ClH/c1-4-43-34(41)36(2,3)39-33(40)30-19-11-12-20-31(30)38(35(39)42)24-14-13-23-37-25-21-29(22-26-37)32(27-15-7-5-8-16-27)28-17-9-6-10-18-28;;/h5-12,15-20,29,32H,4,13-14,21-26H2,1-3H3;2*1H. The summed E-state index contributed by atoms with van der Waals surface area (Å²) >= 11 is 0. The number of carbonyl (C=O) groups is 1. The van der Waals surface area contributed by atoms with E-state index >= 15 is 0 Å². The second kappa shape index (κ2) is 16.3. The van der Waals surface area contributed by atoms with E-state index < -0.39 is 22.8 Å². The molecule has 9 heteroatoms. The number of piperidine rings is 1. The smallest absolute Gasteiger partial charge is 0.332 e. The van der Waals surface area contributed by atoms with E-state index in [9.17, 15) is 14.4 Å². The topological polar surface area (TPSA) is 73.5 Å². The van der Waals surface area contributed by atoms with Crippen molar-refractivity contribution in [1.82, 2.24) is 14.0 Å². The molecule has 0 saturated carbocycles. The maximum Gasteiger partial charge on any atom is 0.332 e. The van der Waals surface area contributed by atoms with Crippen LogP contribution in [-0.4, -0.2) is 46.2 Å². The molecule has 5 rings (SSSR count). The molecule has 0 bridgehead atoms. The van der Waals surface area contributed by atoms with Crippen molar-refractivity contribution >= 4 is 41.7 Å². The van der Waals surface area contributed by atoms with Gasteiger partial charge in [-0.3, -0.25) is 9.36 Å². The van der Waals surface area contributed by atoms with E-state index in [1.807, 2.05) is 6.07 Å². The summed E-state index contributed by atoms with van der Waals surface area (Å²) in [6.07, 6.45) is 4.02. The molecule has 0 amide bonds. The number of fused-ring (bicyclic) bond motifs is 1. The second-order valence-corrected chi connectivity index (χ2v) is 12.1. The van der Waals surface area contributed by atoms with E-state index in [4.69, 9.17) is 4.74 Å². The van der Waals surface area contributed by atoms with Gasteiger partial charge in [0.2, 0.25) is 0 Å². The monoisotopic (exact) mass is 653 g/mol. The van der Waals surface area contributed by atoms with Crippen molar-refractivity contribution in [2.45, 2.75) is 64.5 Å². The quantitative estimate of drug-likeness (QED) is 0.134. The van der Waals surface area contributed by atoms with Gasteiger partial charge >= 0.3 is 11.7 Å². The molecule has 45 heavy (non-hydrogen) atoms. The summed E-state index contributed by atoms with van der Waals surface area (Å²) in [7, 11) is 0. The van der Waals surface area contributed by atoms with Gasteiger partial charge in [-0.1, -0.05) is 72.8 Å². The molecule has 7 nitrogen and oxygen atoms in total. The minimum atomic E-state index is -1.42. The number of hydrogen-bond donors (Lipinski definition) is 0. The summed E-state index contributed by atoms with van der Waals surface area (Å²) < 4.78 is 7.92. The molecule has 242 valence electrons. The van der Waals surface area contributed by atoms with E-state index in [2.05, 4.69) is 65.6 Å². The summed E-state index contributed by atoms with van der Waals surface area (Å²) in [5.41, 5.74) is 1.01.